The van der Waals surface area contributed by atoms with Crippen molar-refractivity contribution in [3.8, 4) is 0 Å². The third kappa shape index (κ3) is 4.78. The van der Waals surface area contributed by atoms with Gasteiger partial charge in [0, 0.05) is 37.2 Å². The van der Waals surface area contributed by atoms with E-state index in [4.69, 9.17) is 0 Å². The van der Waals surface area contributed by atoms with E-state index < -0.39 is 0 Å². The maximum absolute atomic E-state index is 13.2. The number of carbonyl (C=O) groups excluding carboxylic acids is 1. The van der Waals surface area contributed by atoms with Gasteiger partial charge in [0.25, 0.3) is 5.91 Å². The van der Waals surface area contributed by atoms with Crippen molar-refractivity contribution in [2.24, 2.45) is 5.92 Å². The van der Waals surface area contributed by atoms with E-state index in [1.165, 1.54) is 48.8 Å². The Labute approximate surface area is 182 Å². The molecule has 1 amide bonds. The maximum atomic E-state index is 13.2. The Hall–Kier alpha value is -2.13. The molecule has 1 aliphatic carbocycles. The van der Waals surface area contributed by atoms with Crippen LogP contribution >= 0.6 is 0 Å². The lowest BCUT2D eigenvalue weighted by atomic mass is 9.87. The maximum Gasteiger partial charge on any atom is 0.253 e. The van der Waals surface area contributed by atoms with Crippen molar-refractivity contribution in [2.75, 3.05) is 26.7 Å². The summed E-state index contributed by atoms with van der Waals surface area (Å²) in [5.41, 5.74) is 4.67. The number of benzene rings is 2. The number of rotatable bonds is 5. The van der Waals surface area contributed by atoms with Gasteiger partial charge in [-0.2, -0.15) is 0 Å². The SMILES string of the molecule is Cc1ccc(C(=O)N2CC(CN(C)C3CCCCC3)C(c3ccc(C)cc3)C2)cc1. The second-order valence-corrected chi connectivity index (χ2v) is 9.58. The molecule has 160 valence electrons. The van der Waals surface area contributed by atoms with Crippen LogP contribution in [0.25, 0.3) is 0 Å². The minimum absolute atomic E-state index is 0.176. The zero-order valence-electron chi connectivity index (χ0n) is 18.8. The quantitative estimate of drug-likeness (QED) is 0.664. The number of aryl methyl sites for hydroxylation is 2. The summed E-state index contributed by atoms with van der Waals surface area (Å²) in [6, 6.07) is 17.7. The van der Waals surface area contributed by atoms with Gasteiger partial charge >= 0.3 is 0 Å². The highest BCUT2D eigenvalue weighted by atomic mass is 16.2. The first-order valence-corrected chi connectivity index (χ1v) is 11.6. The van der Waals surface area contributed by atoms with E-state index in [2.05, 4.69) is 55.0 Å². The van der Waals surface area contributed by atoms with Crippen molar-refractivity contribution < 1.29 is 4.79 Å². The van der Waals surface area contributed by atoms with E-state index in [0.29, 0.717) is 17.9 Å². The van der Waals surface area contributed by atoms with Crippen molar-refractivity contribution in [1.29, 1.82) is 0 Å². The summed E-state index contributed by atoms with van der Waals surface area (Å²) >= 11 is 0. The van der Waals surface area contributed by atoms with Gasteiger partial charge in [-0.1, -0.05) is 66.8 Å². The van der Waals surface area contributed by atoms with Gasteiger partial charge < -0.3 is 9.80 Å². The lowest BCUT2D eigenvalue weighted by Gasteiger charge is -2.34. The number of amides is 1. The van der Waals surface area contributed by atoms with Gasteiger partial charge in [0.1, 0.15) is 0 Å². The highest BCUT2D eigenvalue weighted by Gasteiger charge is 2.37. The number of carbonyl (C=O) groups is 1. The molecule has 2 aliphatic rings. The molecule has 1 saturated carbocycles. The molecule has 0 spiro atoms. The molecule has 1 aliphatic heterocycles. The molecule has 3 heteroatoms. The van der Waals surface area contributed by atoms with Crippen LogP contribution < -0.4 is 0 Å². The zero-order chi connectivity index (χ0) is 21.1. The highest BCUT2D eigenvalue weighted by Crippen LogP contribution is 2.35. The molecule has 2 unspecified atom stereocenters. The second kappa shape index (κ2) is 9.34. The van der Waals surface area contributed by atoms with E-state index in [0.717, 1.165) is 25.2 Å². The molecule has 4 rings (SSSR count). The minimum Gasteiger partial charge on any atom is -0.338 e. The number of hydrogen-bond acceptors (Lipinski definition) is 2. The molecule has 0 N–H and O–H groups in total. The molecule has 0 bridgehead atoms. The average Bonchev–Trinajstić information content (AvgIpc) is 3.18. The van der Waals surface area contributed by atoms with Crippen LogP contribution in [0.3, 0.4) is 0 Å². The van der Waals surface area contributed by atoms with E-state index >= 15 is 0 Å². The van der Waals surface area contributed by atoms with Gasteiger partial charge in [0.05, 0.1) is 0 Å². The lowest BCUT2D eigenvalue weighted by molar-refractivity contribution is 0.0780. The Bertz CT molecular complexity index is 836. The number of hydrogen-bond donors (Lipinski definition) is 0. The molecular weight excluding hydrogens is 368 g/mol. The fourth-order valence-corrected chi connectivity index (χ4v) is 5.33. The normalized spacial score (nSPS) is 22.6. The van der Waals surface area contributed by atoms with Gasteiger partial charge in [0.15, 0.2) is 0 Å². The van der Waals surface area contributed by atoms with Crippen LogP contribution in [-0.2, 0) is 0 Å². The Balaban J connectivity index is 1.52. The molecule has 2 fully saturated rings. The fraction of sp³-hybridized carbons (Fsp3) is 0.519. The van der Waals surface area contributed by atoms with Gasteiger partial charge in [-0.3, -0.25) is 4.79 Å². The van der Waals surface area contributed by atoms with Crippen LogP contribution in [0, 0.1) is 19.8 Å². The molecule has 2 aromatic carbocycles. The van der Waals surface area contributed by atoms with Crippen molar-refractivity contribution >= 4 is 5.91 Å². The summed E-state index contributed by atoms with van der Waals surface area (Å²) in [4.78, 5) is 17.9. The van der Waals surface area contributed by atoms with E-state index in [9.17, 15) is 4.79 Å². The van der Waals surface area contributed by atoms with Gasteiger partial charge in [-0.15, -0.1) is 0 Å². The van der Waals surface area contributed by atoms with E-state index in [-0.39, 0.29) is 5.91 Å². The van der Waals surface area contributed by atoms with E-state index in [1.54, 1.807) is 0 Å². The van der Waals surface area contributed by atoms with Gasteiger partial charge in [0.2, 0.25) is 0 Å². The van der Waals surface area contributed by atoms with Crippen LogP contribution in [0.4, 0.5) is 0 Å². The molecule has 1 heterocycles. The second-order valence-electron chi connectivity index (χ2n) is 9.58. The monoisotopic (exact) mass is 404 g/mol. The average molecular weight is 405 g/mol. The Morgan fingerprint density at radius 2 is 1.50 bits per heavy atom. The van der Waals surface area contributed by atoms with Crippen LogP contribution in [0.1, 0.15) is 65.1 Å². The number of nitrogens with zero attached hydrogens (tertiary/aromatic N) is 2. The first-order valence-electron chi connectivity index (χ1n) is 11.6. The molecule has 0 radical (unpaired) electrons. The van der Waals surface area contributed by atoms with Crippen LogP contribution in [-0.4, -0.2) is 48.4 Å². The Morgan fingerprint density at radius 1 is 0.900 bits per heavy atom. The zero-order valence-corrected chi connectivity index (χ0v) is 18.8. The molecule has 3 nitrogen and oxygen atoms in total. The fourth-order valence-electron chi connectivity index (χ4n) is 5.33. The largest absolute Gasteiger partial charge is 0.338 e. The van der Waals surface area contributed by atoms with Crippen LogP contribution in [0.5, 0.6) is 0 Å². The standard InChI is InChI=1S/C27H36N2O/c1-20-9-13-22(14-10-20)26-19-29(27(30)23-15-11-21(2)12-16-23)18-24(26)17-28(3)25-7-5-4-6-8-25/h9-16,24-26H,4-8,17-19H2,1-3H3. The van der Waals surface area contributed by atoms with Gasteiger partial charge in [-0.05, 0) is 57.4 Å². The molecule has 1 saturated heterocycles. The highest BCUT2D eigenvalue weighted by molar-refractivity contribution is 5.94. The molecular formula is C27H36N2O. The molecule has 2 atom stereocenters. The van der Waals surface area contributed by atoms with Crippen molar-refractivity contribution in [2.45, 2.75) is 57.9 Å². The minimum atomic E-state index is 0.176. The van der Waals surface area contributed by atoms with E-state index in [1.807, 2.05) is 24.3 Å². The van der Waals surface area contributed by atoms with Gasteiger partial charge in [-0.25, -0.2) is 0 Å². The predicted molar refractivity (Wildman–Crippen MR) is 124 cm³/mol. The Kier molecular flexibility index (Phi) is 6.58. The molecule has 0 aromatic heterocycles. The van der Waals surface area contributed by atoms with Crippen LogP contribution in [0.2, 0.25) is 0 Å². The number of likely N-dealkylation sites (tertiary alicyclic amines) is 1. The first-order chi connectivity index (χ1) is 14.5. The summed E-state index contributed by atoms with van der Waals surface area (Å²) in [6.07, 6.45) is 6.76. The third-order valence-corrected chi connectivity index (χ3v) is 7.25. The molecule has 30 heavy (non-hydrogen) atoms. The Morgan fingerprint density at radius 3 is 2.13 bits per heavy atom. The summed E-state index contributed by atoms with van der Waals surface area (Å²) < 4.78 is 0. The summed E-state index contributed by atoms with van der Waals surface area (Å²) in [5.74, 6) is 1.06. The van der Waals surface area contributed by atoms with Crippen molar-refractivity contribution in [3.05, 3.63) is 70.8 Å². The summed E-state index contributed by atoms with van der Waals surface area (Å²) in [5, 5.41) is 0. The third-order valence-electron chi connectivity index (χ3n) is 7.25. The first kappa shape index (κ1) is 21.1. The van der Waals surface area contributed by atoms with Crippen molar-refractivity contribution in [1.82, 2.24) is 9.80 Å². The topological polar surface area (TPSA) is 23.6 Å². The summed E-state index contributed by atoms with van der Waals surface area (Å²) in [7, 11) is 2.30. The predicted octanol–water partition coefficient (Wildman–Crippen LogP) is 5.42. The lowest BCUT2D eigenvalue weighted by Crippen LogP contribution is -2.38. The summed E-state index contributed by atoms with van der Waals surface area (Å²) in [6.45, 7) is 6.94. The molecule has 2 aromatic rings. The van der Waals surface area contributed by atoms with Crippen LogP contribution in [0.15, 0.2) is 48.5 Å². The smallest absolute Gasteiger partial charge is 0.253 e. The van der Waals surface area contributed by atoms with Crippen molar-refractivity contribution in [3.63, 3.8) is 0 Å².